The average molecular weight is 732 g/mol. The first kappa shape index (κ1) is 41.5. The van der Waals surface area contributed by atoms with Gasteiger partial charge in [-0.05, 0) is 0 Å². The zero-order chi connectivity index (χ0) is 36.8. The van der Waals surface area contributed by atoms with Gasteiger partial charge in [0.1, 0.15) is 0 Å². The normalized spacial score (nSPS) is 16.7. The predicted octanol–water partition coefficient (Wildman–Crippen LogP) is 8.60. The monoisotopic (exact) mass is 732 g/mol. The van der Waals surface area contributed by atoms with E-state index in [9.17, 15) is 128 Å². The van der Waals surface area contributed by atoms with E-state index in [1.165, 1.54) is 0 Å². The molecule has 0 aromatic heterocycles. The Morgan fingerprint density at radius 1 is 0.295 bits per heavy atom. The van der Waals surface area contributed by atoms with Crippen LogP contribution in [0.2, 0.25) is 0 Å². The van der Waals surface area contributed by atoms with Gasteiger partial charge in [-0.3, -0.25) is 0 Å². The molecule has 0 N–H and O–H groups in total. The number of halogens is 28. The van der Waals surface area contributed by atoms with Crippen LogP contribution in [0, 0.1) is 0 Å². The predicted molar refractivity (Wildman–Crippen MR) is 72.6 cm³/mol. The summed E-state index contributed by atoms with van der Waals surface area (Å²) in [7, 11) is 0. The van der Waals surface area contributed by atoms with Crippen LogP contribution in [0.1, 0.15) is 0 Å². The van der Waals surface area contributed by atoms with E-state index in [-0.39, 0.29) is 0 Å². The molecule has 0 fully saturated rings. The molecule has 0 amide bonds. The molecule has 0 aliphatic rings. The Morgan fingerprint density at radius 2 is 0.500 bits per heavy atom. The second kappa shape index (κ2) is 10.0. The van der Waals surface area contributed by atoms with Crippen molar-refractivity contribution in [3.63, 3.8) is 0 Å². The lowest BCUT2D eigenvalue weighted by molar-refractivity contribution is -0.464. The molecule has 0 saturated carbocycles. The van der Waals surface area contributed by atoms with Gasteiger partial charge in [-0.1, -0.05) is 0 Å². The summed E-state index contributed by atoms with van der Waals surface area (Å²) in [5.74, 6) is -95.4. The van der Waals surface area contributed by atoms with Crippen molar-refractivity contribution in [1.82, 2.24) is 0 Å². The van der Waals surface area contributed by atoms with E-state index in [0.29, 0.717) is 0 Å². The minimum atomic E-state index is -9.30. The Kier molecular flexibility index (Phi) is 9.44. The summed E-state index contributed by atoms with van der Waals surface area (Å²) in [6, 6.07) is 0. The topological polar surface area (TPSA) is 26.3 Å². The highest BCUT2D eigenvalue weighted by Gasteiger charge is 2.95. The molecule has 0 spiro atoms. The molecule has 0 saturated heterocycles. The molecule has 0 radical (unpaired) electrons. The summed E-state index contributed by atoms with van der Waals surface area (Å²) in [6.45, 7) is 0. The Morgan fingerprint density at radius 3 is 0.750 bits per heavy atom. The Balaban J connectivity index is 6.96. The lowest BCUT2D eigenvalue weighted by Crippen LogP contribution is -2.74. The molecular formula is C14F28O2. The number of ether oxygens (including phenoxy) is 1. The molecule has 0 aliphatic carbocycles. The maximum atomic E-state index is 13.5. The van der Waals surface area contributed by atoms with Crippen LogP contribution in [0.3, 0.4) is 0 Å². The summed E-state index contributed by atoms with van der Waals surface area (Å²) >= 11 is 0. The Hall–Kier alpha value is -2.49. The van der Waals surface area contributed by atoms with Crippen molar-refractivity contribution in [3.8, 4) is 0 Å². The van der Waals surface area contributed by atoms with Crippen molar-refractivity contribution < 1.29 is 132 Å². The third-order valence-electron chi connectivity index (χ3n) is 4.71. The van der Waals surface area contributed by atoms with Crippen molar-refractivity contribution in [2.45, 2.75) is 77.7 Å². The summed E-state index contributed by atoms with van der Waals surface area (Å²) in [5.41, 5.74) is 0. The number of carbonyl (C=O) groups excluding carboxylic acids is 1. The van der Waals surface area contributed by atoms with E-state index in [0.717, 1.165) is 4.74 Å². The van der Waals surface area contributed by atoms with E-state index >= 15 is 0 Å². The van der Waals surface area contributed by atoms with E-state index < -0.39 is 83.7 Å². The molecule has 0 rings (SSSR count). The molecule has 0 atom stereocenters. The highest BCUT2D eigenvalue weighted by atomic mass is 19.4. The molecule has 30 heteroatoms. The molecule has 0 aromatic rings. The van der Waals surface area contributed by atoms with Gasteiger partial charge >= 0.3 is 83.7 Å². The van der Waals surface area contributed by atoms with Crippen LogP contribution in [0.5, 0.6) is 0 Å². The van der Waals surface area contributed by atoms with Gasteiger partial charge in [-0.2, -0.15) is 123 Å². The smallest absolute Gasteiger partial charge is 0.391 e. The molecule has 0 bridgehead atoms. The summed E-state index contributed by atoms with van der Waals surface area (Å²) in [6.07, 6.45) is -24.9. The van der Waals surface area contributed by atoms with Gasteiger partial charge in [-0.25, -0.2) is 4.79 Å². The maximum Gasteiger partial charge on any atom is 0.473 e. The number of esters is 1. The van der Waals surface area contributed by atoms with Gasteiger partial charge in [-0.15, -0.1) is 0 Å². The van der Waals surface area contributed by atoms with Crippen molar-refractivity contribution >= 4 is 5.97 Å². The SMILES string of the molecule is O=C(OC(F)(F)C(F)(F)C(F)(F)C(F)(F)C(F)(F)C(F)(F)F)C(F)(F)C(F)(F)C(F)(F)C(F)(F)C(F)(F)C(F)(F)C(F)(F)F. The van der Waals surface area contributed by atoms with Gasteiger partial charge in [0.2, 0.25) is 0 Å². The molecule has 0 unspecified atom stereocenters. The van der Waals surface area contributed by atoms with Crippen LogP contribution < -0.4 is 0 Å². The van der Waals surface area contributed by atoms with E-state index in [1.54, 1.807) is 0 Å². The maximum absolute atomic E-state index is 13.5. The first-order valence-corrected chi connectivity index (χ1v) is 8.90. The van der Waals surface area contributed by atoms with Crippen molar-refractivity contribution in [1.29, 1.82) is 0 Å². The fraction of sp³-hybridized carbons (Fsp3) is 0.929. The van der Waals surface area contributed by atoms with Crippen LogP contribution in [0.4, 0.5) is 123 Å². The van der Waals surface area contributed by atoms with Gasteiger partial charge in [0, 0.05) is 0 Å². The molecule has 0 aliphatic heterocycles. The first-order valence-electron chi connectivity index (χ1n) is 8.90. The average Bonchev–Trinajstić information content (AvgIpc) is 2.75. The number of hydrogen-bond acceptors (Lipinski definition) is 2. The fourth-order valence-corrected chi connectivity index (χ4v) is 2.09. The quantitative estimate of drug-likeness (QED) is 0.157. The standard InChI is InChI=1S/C14F28O2/c15-2(16,3(17,18)4(19,20)5(21,22)6(23,24)9(29,30)12(35,36)37)1(43)44-14(41,42)11(33,34)8(27,28)7(25,26)10(31,32)13(38,39)40. The highest BCUT2D eigenvalue weighted by molar-refractivity contribution is 5.79. The molecule has 264 valence electrons. The Labute approximate surface area is 217 Å². The largest absolute Gasteiger partial charge is 0.473 e. The Bertz CT molecular complexity index is 1070. The van der Waals surface area contributed by atoms with Crippen molar-refractivity contribution in [3.05, 3.63) is 0 Å². The minimum absolute atomic E-state index is 1.06. The number of carbonyl (C=O) groups is 1. The number of alkyl halides is 28. The van der Waals surface area contributed by atoms with Crippen LogP contribution >= 0.6 is 0 Å². The highest BCUT2D eigenvalue weighted by Crippen LogP contribution is 2.64. The van der Waals surface area contributed by atoms with Gasteiger partial charge < -0.3 is 4.74 Å². The van der Waals surface area contributed by atoms with Crippen LogP contribution in [0.15, 0.2) is 0 Å². The lowest BCUT2D eigenvalue weighted by atomic mass is 9.91. The molecular weight excluding hydrogens is 732 g/mol. The van der Waals surface area contributed by atoms with Crippen molar-refractivity contribution in [2.24, 2.45) is 0 Å². The lowest BCUT2D eigenvalue weighted by Gasteiger charge is -2.41. The molecule has 0 heterocycles. The van der Waals surface area contributed by atoms with Crippen LogP contribution in [0.25, 0.3) is 0 Å². The van der Waals surface area contributed by atoms with E-state index in [2.05, 4.69) is 0 Å². The summed E-state index contributed by atoms with van der Waals surface area (Å²) in [5, 5.41) is 0. The van der Waals surface area contributed by atoms with E-state index in [4.69, 9.17) is 0 Å². The van der Waals surface area contributed by atoms with Crippen molar-refractivity contribution in [2.75, 3.05) is 0 Å². The van der Waals surface area contributed by atoms with E-state index in [1.807, 2.05) is 0 Å². The second-order valence-corrected chi connectivity index (χ2v) is 7.65. The van der Waals surface area contributed by atoms with Gasteiger partial charge in [0.15, 0.2) is 0 Å². The fourth-order valence-electron chi connectivity index (χ4n) is 2.09. The number of rotatable bonds is 11. The van der Waals surface area contributed by atoms with Gasteiger partial charge in [0.25, 0.3) is 0 Å². The third-order valence-corrected chi connectivity index (χ3v) is 4.71. The minimum Gasteiger partial charge on any atom is -0.391 e. The summed E-state index contributed by atoms with van der Waals surface area (Å²) < 4.78 is 362. The summed E-state index contributed by atoms with van der Waals surface area (Å²) in [4.78, 5) is 10.8. The van der Waals surface area contributed by atoms with Crippen LogP contribution in [-0.2, 0) is 9.53 Å². The number of hydrogen-bond donors (Lipinski definition) is 0. The third kappa shape index (κ3) is 5.07. The zero-order valence-corrected chi connectivity index (χ0v) is 18.4. The molecule has 44 heavy (non-hydrogen) atoms. The molecule has 0 aromatic carbocycles. The van der Waals surface area contributed by atoms with Gasteiger partial charge in [0.05, 0.1) is 0 Å². The second-order valence-electron chi connectivity index (χ2n) is 7.65. The first-order chi connectivity index (χ1) is 18.4. The molecule has 2 nitrogen and oxygen atoms in total. The van der Waals surface area contributed by atoms with Crippen LogP contribution in [-0.4, -0.2) is 83.7 Å². The zero-order valence-electron chi connectivity index (χ0n) is 18.4.